The van der Waals surface area contributed by atoms with Crippen molar-refractivity contribution in [2.45, 2.75) is 6.54 Å². The molecule has 0 aliphatic rings. The zero-order valence-corrected chi connectivity index (χ0v) is 15.0. The molecule has 1 aromatic heterocycles. The van der Waals surface area contributed by atoms with Crippen LogP contribution in [0, 0.1) is 11.3 Å². The predicted octanol–water partition coefficient (Wildman–Crippen LogP) is 3.36. The third-order valence-electron chi connectivity index (χ3n) is 3.90. The normalized spacial score (nSPS) is 10.7. The average Bonchev–Trinajstić information content (AvgIpc) is 3.09. The summed E-state index contributed by atoms with van der Waals surface area (Å²) < 4.78 is 12.0. The SMILES string of the molecule is COc1ccc(/C=C/c2nc(-c3ccccc3O)nn2CC#N)cc1OC. The van der Waals surface area contributed by atoms with E-state index in [9.17, 15) is 5.11 Å². The van der Waals surface area contributed by atoms with E-state index in [2.05, 4.69) is 16.2 Å². The van der Waals surface area contributed by atoms with Crippen LogP contribution in [-0.2, 0) is 6.54 Å². The Hall–Kier alpha value is -3.79. The molecule has 1 N–H and O–H groups in total. The van der Waals surface area contributed by atoms with E-state index >= 15 is 0 Å². The third-order valence-corrected chi connectivity index (χ3v) is 3.90. The van der Waals surface area contributed by atoms with Gasteiger partial charge in [0.25, 0.3) is 0 Å². The Morgan fingerprint density at radius 2 is 1.89 bits per heavy atom. The van der Waals surface area contributed by atoms with E-state index in [0.717, 1.165) is 5.56 Å². The van der Waals surface area contributed by atoms with E-state index in [4.69, 9.17) is 14.7 Å². The van der Waals surface area contributed by atoms with Gasteiger partial charge in [-0.05, 0) is 35.9 Å². The summed E-state index contributed by atoms with van der Waals surface area (Å²) in [6, 6.07) is 14.4. The first-order valence-corrected chi connectivity index (χ1v) is 8.16. The monoisotopic (exact) mass is 362 g/mol. The molecule has 0 aliphatic carbocycles. The lowest BCUT2D eigenvalue weighted by Crippen LogP contribution is -2.00. The van der Waals surface area contributed by atoms with Crippen LogP contribution in [0.4, 0.5) is 0 Å². The van der Waals surface area contributed by atoms with E-state index in [1.165, 1.54) is 4.68 Å². The van der Waals surface area contributed by atoms with Gasteiger partial charge < -0.3 is 14.6 Å². The number of nitriles is 1. The van der Waals surface area contributed by atoms with Crippen LogP contribution in [-0.4, -0.2) is 34.1 Å². The second-order valence-corrected chi connectivity index (χ2v) is 5.57. The molecule has 7 heteroatoms. The van der Waals surface area contributed by atoms with Gasteiger partial charge in [0.1, 0.15) is 12.3 Å². The number of aromatic hydroxyl groups is 1. The van der Waals surface area contributed by atoms with Crippen LogP contribution in [0.1, 0.15) is 11.4 Å². The van der Waals surface area contributed by atoms with Crippen molar-refractivity contribution in [3.63, 3.8) is 0 Å². The molecular weight excluding hydrogens is 344 g/mol. The molecule has 0 aliphatic heterocycles. The van der Waals surface area contributed by atoms with Crippen molar-refractivity contribution in [3.8, 4) is 34.7 Å². The van der Waals surface area contributed by atoms with Crippen LogP contribution in [0.5, 0.6) is 17.2 Å². The van der Waals surface area contributed by atoms with Gasteiger partial charge in [-0.15, -0.1) is 5.10 Å². The molecule has 3 aromatic rings. The van der Waals surface area contributed by atoms with Gasteiger partial charge >= 0.3 is 0 Å². The van der Waals surface area contributed by atoms with E-state index in [1.54, 1.807) is 44.6 Å². The van der Waals surface area contributed by atoms with E-state index in [0.29, 0.717) is 28.7 Å². The maximum absolute atomic E-state index is 10.0. The lowest BCUT2D eigenvalue weighted by Gasteiger charge is -2.07. The third kappa shape index (κ3) is 3.90. The van der Waals surface area contributed by atoms with Gasteiger partial charge in [0, 0.05) is 0 Å². The van der Waals surface area contributed by atoms with Gasteiger partial charge in [-0.25, -0.2) is 9.67 Å². The summed E-state index contributed by atoms with van der Waals surface area (Å²) in [5.74, 6) is 2.21. The molecule has 2 aromatic carbocycles. The molecule has 3 rings (SSSR count). The number of rotatable bonds is 6. The number of hydrogen-bond donors (Lipinski definition) is 1. The fourth-order valence-corrected chi connectivity index (χ4v) is 2.56. The van der Waals surface area contributed by atoms with Gasteiger partial charge in [0.05, 0.1) is 25.9 Å². The lowest BCUT2D eigenvalue weighted by molar-refractivity contribution is 0.355. The summed E-state index contributed by atoms with van der Waals surface area (Å²) in [5.41, 5.74) is 1.39. The number of phenols is 1. The fraction of sp³-hybridized carbons (Fsp3) is 0.150. The summed E-state index contributed by atoms with van der Waals surface area (Å²) in [5, 5.41) is 23.4. The minimum absolute atomic E-state index is 0.0478. The van der Waals surface area contributed by atoms with E-state index < -0.39 is 0 Å². The van der Waals surface area contributed by atoms with Crippen molar-refractivity contribution in [2.24, 2.45) is 0 Å². The maximum Gasteiger partial charge on any atom is 0.185 e. The highest BCUT2D eigenvalue weighted by Crippen LogP contribution is 2.29. The summed E-state index contributed by atoms with van der Waals surface area (Å²) in [4.78, 5) is 4.45. The van der Waals surface area contributed by atoms with Crippen molar-refractivity contribution >= 4 is 12.2 Å². The number of benzene rings is 2. The second kappa shape index (κ2) is 8.06. The van der Waals surface area contributed by atoms with Crippen LogP contribution in [0.3, 0.4) is 0 Å². The average molecular weight is 362 g/mol. The van der Waals surface area contributed by atoms with Crippen molar-refractivity contribution in [1.29, 1.82) is 5.26 Å². The number of para-hydroxylation sites is 1. The molecule has 0 bridgehead atoms. The molecule has 0 atom stereocenters. The molecule has 0 amide bonds. The maximum atomic E-state index is 10.0. The minimum Gasteiger partial charge on any atom is -0.507 e. The first kappa shape index (κ1) is 18.0. The molecule has 0 radical (unpaired) electrons. The highest BCUT2D eigenvalue weighted by Gasteiger charge is 2.12. The van der Waals surface area contributed by atoms with E-state index in [1.807, 2.05) is 24.3 Å². The van der Waals surface area contributed by atoms with Crippen LogP contribution < -0.4 is 9.47 Å². The fourth-order valence-electron chi connectivity index (χ4n) is 2.56. The van der Waals surface area contributed by atoms with Gasteiger partial charge in [-0.1, -0.05) is 24.3 Å². The highest BCUT2D eigenvalue weighted by atomic mass is 16.5. The molecule has 136 valence electrons. The molecule has 27 heavy (non-hydrogen) atoms. The van der Waals surface area contributed by atoms with Crippen molar-refractivity contribution < 1.29 is 14.6 Å². The number of methoxy groups -OCH3 is 2. The second-order valence-electron chi connectivity index (χ2n) is 5.57. The van der Waals surface area contributed by atoms with Gasteiger partial charge in [-0.3, -0.25) is 0 Å². The summed E-state index contributed by atoms with van der Waals surface area (Å²) in [7, 11) is 3.16. The Bertz CT molecular complexity index is 1020. The smallest absolute Gasteiger partial charge is 0.185 e. The van der Waals surface area contributed by atoms with Crippen molar-refractivity contribution in [3.05, 3.63) is 53.9 Å². The van der Waals surface area contributed by atoms with Crippen molar-refractivity contribution in [1.82, 2.24) is 14.8 Å². The summed E-state index contributed by atoms with van der Waals surface area (Å²) in [6.45, 7) is 0.0478. The van der Waals surface area contributed by atoms with Gasteiger partial charge in [0.2, 0.25) is 0 Å². The standard InChI is InChI=1S/C20H18N4O3/c1-26-17-9-7-14(13-18(17)27-2)8-10-19-22-20(23-24(19)12-11-21)15-5-3-4-6-16(15)25/h3-10,13,25H,12H2,1-2H3/b10-8+. The number of aromatic nitrogens is 3. The number of ether oxygens (including phenoxy) is 2. The van der Waals surface area contributed by atoms with Gasteiger partial charge in [0.15, 0.2) is 23.1 Å². The minimum atomic E-state index is 0.0478. The number of phenolic OH excluding ortho intramolecular Hbond substituents is 1. The predicted molar refractivity (Wildman–Crippen MR) is 101 cm³/mol. The molecule has 0 saturated heterocycles. The first-order chi connectivity index (χ1) is 13.2. The topological polar surface area (TPSA) is 93.2 Å². The molecule has 7 nitrogen and oxygen atoms in total. The van der Waals surface area contributed by atoms with Crippen molar-refractivity contribution in [2.75, 3.05) is 14.2 Å². The molecule has 0 spiro atoms. The highest BCUT2D eigenvalue weighted by molar-refractivity contribution is 5.70. The Labute approximate surface area is 156 Å². The largest absolute Gasteiger partial charge is 0.507 e. The molecular formula is C20H18N4O3. The number of nitrogens with zero attached hydrogens (tertiary/aromatic N) is 4. The molecule has 1 heterocycles. The van der Waals surface area contributed by atoms with Gasteiger partial charge in [-0.2, -0.15) is 5.26 Å². The zero-order chi connectivity index (χ0) is 19.2. The Morgan fingerprint density at radius 1 is 1.11 bits per heavy atom. The summed E-state index contributed by atoms with van der Waals surface area (Å²) >= 11 is 0. The Balaban J connectivity index is 1.95. The van der Waals surface area contributed by atoms with Crippen LogP contribution in [0.15, 0.2) is 42.5 Å². The van der Waals surface area contributed by atoms with Crippen LogP contribution in [0.25, 0.3) is 23.5 Å². The van der Waals surface area contributed by atoms with Crippen LogP contribution in [0.2, 0.25) is 0 Å². The first-order valence-electron chi connectivity index (χ1n) is 8.16. The van der Waals surface area contributed by atoms with E-state index in [-0.39, 0.29) is 12.3 Å². The Morgan fingerprint density at radius 3 is 2.59 bits per heavy atom. The molecule has 0 fully saturated rings. The van der Waals surface area contributed by atoms with Crippen LogP contribution >= 0.6 is 0 Å². The molecule has 0 saturated carbocycles. The quantitative estimate of drug-likeness (QED) is 0.723. The Kier molecular flexibility index (Phi) is 5.38. The lowest BCUT2D eigenvalue weighted by atomic mass is 10.2. The number of hydrogen-bond acceptors (Lipinski definition) is 6. The molecule has 0 unspecified atom stereocenters. The summed E-state index contributed by atoms with van der Waals surface area (Å²) in [6.07, 6.45) is 3.60. The zero-order valence-electron chi connectivity index (χ0n) is 15.0.